The van der Waals surface area contributed by atoms with Crippen LogP contribution in [0.3, 0.4) is 0 Å². The Kier molecular flexibility index (Phi) is 3.42. The summed E-state index contributed by atoms with van der Waals surface area (Å²) >= 11 is 0. The summed E-state index contributed by atoms with van der Waals surface area (Å²) in [5.41, 5.74) is 1.30. The van der Waals surface area contributed by atoms with Crippen molar-refractivity contribution in [1.82, 2.24) is 4.90 Å². The molecule has 4 heteroatoms. The number of fused-ring (bicyclic) bond motifs is 1. The lowest BCUT2D eigenvalue weighted by molar-refractivity contribution is -0.138. The average Bonchev–Trinajstić information content (AvgIpc) is 2.97. The third kappa shape index (κ3) is 2.73. The fourth-order valence-corrected chi connectivity index (χ4v) is 3.18. The molecule has 3 rings (SSSR count). The van der Waals surface area contributed by atoms with Crippen molar-refractivity contribution in [2.75, 3.05) is 26.2 Å². The van der Waals surface area contributed by atoms with Gasteiger partial charge in [0, 0.05) is 31.0 Å². The molecule has 0 bridgehead atoms. The molecule has 2 aliphatic rings. The van der Waals surface area contributed by atoms with Gasteiger partial charge in [-0.1, -0.05) is 18.2 Å². The maximum atomic E-state index is 10.7. The molecular formula is C15H19NO3. The number of benzene rings is 1. The molecule has 2 atom stereocenters. The minimum Gasteiger partial charge on any atom is -0.493 e. The van der Waals surface area contributed by atoms with Gasteiger partial charge in [-0.25, -0.2) is 0 Å². The standard InChI is InChI=1S/C15H19NO3/c17-15(18)7-11-5-6-16(8-11)9-12-10-19-14-4-2-1-3-13(12)14/h1-4,11-12H,5-10H2,(H,17,18). The second kappa shape index (κ2) is 5.21. The van der Waals surface area contributed by atoms with Gasteiger partial charge in [0.25, 0.3) is 0 Å². The van der Waals surface area contributed by atoms with E-state index in [0.717, 1.165) is 38.4 Å². The minimum atomic E-state index is -0.679. The molecule has 0 amide bonds. The fraction of sp³-hybridized carbons (Fsp3) is 0.533. The van der Waals surface area contributed by atoms with Crippen LogP contribution >= 0.6 is 0 Å². The molecule has 2 heterocycles. The molecule has 1 aromatic carbocycles. The number of ether oxygens (including phenoxy) is 1. The number of hydrogen-bond acceptors (Lipinski definition) is 3. The van der Waals surface area contributed by atoms with Gasteiger partial charge in [0.15, 0.2) is 0 Å². The van der Waals surface area contributed by atoms with Gasteiger partial charge in [-0.05, 0) is 24.9 Å². The summed E-state index contributed by atoms with van der Waals surface area (Å²) in [6, 6.07) is 8.21. The smallest absolute Gasteiger partial charge is 0.303 e. The molecule has 1 aromatic rings. The number of carbonyl (C=O) groups is 1. The number of rotatable bonds is 4. The molecule has 2 aliphatic heterocycles. The van der Waals surface area contributed by atoms with Crippen LogP contribution in [0, 0.1) is 5.92 Å². The van der Waals surface area contributed by atoms with Crippen molar-refractivity contribution in [2.24, 2.45) is 5.92 Å². The Morgan fingerprint density at radius 2 is 2.26 bits per heavy atom. The highest BCUT2D eigenvalue weighted by atomic mass is 16.5. The first-order valence-electron chi connectivity index (χ1n) is 6.88. The zero-order valence-corrected chi connectivity index (χ0v) is 10.9. The lowest BCUT2D eigenvalue weighted by Crippen LogP contribution is -2.27. The van der Waals surface area contributed by atoms with E-state index in [2.05, 4.69) is 17.0 Å². The van der Waals surface area contributed by atoms with Crippen molar-refractivity contribution < 1.29 is 14.6 Å². The van der Waals surface area contributed by atoms with Crippen molar-refractivity contribution in [2.45, 2.75) is 18.8 Å². The van der Waals surface area contributed by atoms with Crippen molar-refractivity contribution in [3.63, 3.8) is 0 Å². The summed E-state index contributed by atoms with van der Waals surface area (Å²) in [7, 11) is 0. The SMILES string of the molecule is O=C(O)CC1CCN(CC2COc3ccccc32)C1. The predicted molar refractivity (Wildman–Crippen MR) is 71.5 cm³/mol. The van der Waals surface area contributed by atoms with E-state index in [0.29, 0.717) is 18.3 Å². The second-order valence-corrected chi connectivity index (χ2v) is 5.56. The molecule has 1 N–H and O–H groups in total. The van der Waals surface area contributed by atoms with Crippen LogP contribution in [-0.4, -0.2) is 42.2 Å². The topological polar surface area (TPSA) is 49.8 Å². The van der Waals surface area contributed by atoms with Crippen LogP contribution in [-0.2, 0) is 4.79 Å². The van der Waals surface area contributed by atoms with E-state index in [4.69, 9.17) is 9.84 Å². The van der Waals surface area contributed by atoms with Crippen LogP contribution in [0.5, 0.6) is 5.75 Å². The van der Waals surface area contributed by atoms with E-state index >= 15 is 0 Å². The largest absolute Gasteiger partial charge is 0.493 e. The van der Waals surface area contributed by atoms with Crippen LogP contribution in [0.4, 0.5) is 0 Å². The Morgan fingerprint density at radius 3 is 3.11 bits per heavy atom. The van der Waals surface area contributed by atoms with E-state index in [1.165, 1.54) is 5.56 Å². The molecular weight excluding hydrogens is 242 g/mol. The van der Waals surface area contributed by atoms with E-state index in [1.54, 1.807) is 0 Å². The van der Waals surface area contributed by atoms with Crippen LogP contribution < -0.4 is 4.74 Å². The molecule has 2 unspecified atom stereocenters. The molecule has 0 aromatic heterocycles. The van der Waals surface area contributed by atoms with Gasteiger partial charge in [-0.3, -0.25) is 4.79 Å². The molecule has 0 spiro atoms. The highest BCUT2D eigenvalue weighted by Crippen LogP contribution is 2.34. The monoisotopic (exact) mass is 261 g/mol. The summed E-state index contributed by atoms with van der Waals surface area (Å²) < 4.78 is 5.69. The van der Waals surface area contributed by atoms with Gasteiger partial charge in [0.05, 0.1) is 6.61 Å². The van der Waals surface area contributed by atoms with Crippen LogP contribution in [0.2, 0.25) is 0 Å². The maximum Gasteiger partial charge on any atom is 0.303 e. The number of hydrogen-bond donors (Lipinski definition) is 1. The van der Waals surface area contributed by atoms with E-state index in [9.17, 15) is 4.79 Å². The lowest BCUT2D eigenvalue weighted by atomic mass is 10.0. The van der Waals surface area contributed by atoms with Gasteiger partial charge >= 0.3 is 5.97 Å². The molecule has 102 valence electrons. The predicted octanol–water partition coefficient (Wildman–Crippen LogP) is 1.96. The third-order valence-electron chi connectivity index (χ3n) is 4.11. The summed E-state index contributed by atoms with van der Waals surface area (Å²) in [6.45, 7) is 3.65. The van der Waals surface area contributed by atoms with E-state index in [-0.39, 0.29) is 0 Å². The average molecular weight is 261 g/mol. The van der Waals surface area contributed by atoms with Crippen molar-refractivity contribution in [3.05, 3.63) is 29.8 Å². The van der Waals surface area contributed by atoms with Crippen molar-refractivity contribution >= 4 is 5.97 Å². The molecule has 1 saturated heterocycles. The maximum absolute atomic E-state index is 10.7. The van der Waals surface area contributed by atoms with E-state index in [1.807, 2.05) is 12.1 Å². The highest BCUT2D eigenvalue weighted by molar-refractivity contribution is 5.67. The van der Waals surface area contributed by atoms with Crippen LogP contribution in [0.1, 0.15) is 24.3 Å². The van der Waals surface area contributed by atoms with Gasteiger partial charge in [0.1, 0.15) is 5.75 Å². The number of para-hydroxylation sites is 1. The lowest BCUT2D eigenvalue weighted by Gasteiger charge is -2.19. The molecule has 19 heavy (non-hydrogen) atoms. The molecule has 0 radical (unpaired) electrons. The molecule has 0 aliphatic carbocycles. The number of aliphatic carboxylic acids is 1. The van der Waals surface area contributed by atoms with Crippen molar-refractivity contribution in [1.29, 1.82) is 0 Å². The molecule has 0 saturated carbocycles. The number of nitrogens with zero attached hydrogens (tertiary/aromatic N) is 1. The quantitative estimate of drug-likeness (QED) is 0.900. The van der Waals surface area contributed by atoms with Gasteiger partial charge in [-0.2, -0.15) is 0 Å². The Morgan fingerprint density at radius 1 is 1.42 bits per heavy atom. The van der Waals surface area contributed by atoms with Crippen LogP contribution in [0.25, 0.3) is 0 Å². The number of likely N-dealkylation sites (tertiary alicyclic amines) is 1. The van der Waals surface area contributed by atoms with Gasteiger partial charge in [0.2, 0.25) is 0 Å². The highest BCUT2D eigenvalue weighted by Gasteiger charge is 2.30. The Hall–Kier alpha value is -1.55. The van der Waals surface area contributed by atoms with Crippen molar-refractivity contribution in [3.8, 4) is 5.75 Å². The molecule has 1 fully saturated rings. The summed E-state index contributed by atoms with van der Waals surface area (Å²) in [6.07, 6.45) is 1.30. The molecule has 4 nitrogen and oxygen atoms in total. The summed E-state index contributed by atoms with van der Waals surface area (Å²) in [5, 5.41) is 8.84. The Balaban J connectivity index is 1.58. The second-order valence-electron chi connectivity index (χ2n) is 5.56. The first-order chi connectivity index (χ1) is 9.22. The summed E-state index contributed by atoms with van der Waals surface area (Å²) in [4.78, 5) is 13.1. The zero-order chi connectivity index (χ0) is 13.2. The first-order valence-corrected chi connectivity index (χ1v) is 6.88. The zero-order valence-electron chi connectivity index (χ0n) is 10.9. The fourth-order valence-electron chi connectivity index (χ4n) is 3.18. The first kappa shape index (κ1) is 12.5. The number of carboxylic acids is 1. The van der Waals surface area contributed by atoms with Crippen LogP contribution in [0.15, 0.2) is 24.3 Å². The third-order valence-corrected chi connectivity index (χ3v) is 4.11. The summed E-state index contributed by atoms with van der Waals surface area (Å²) in [5.74, 6) is 1.07. The normalized spacial score (nSPS) is 26.1. The van der Waals surface area contributed by atoms with Gasteiger partial charge in [-0.15, -0.1) is 0 Å². The van der Waals surface area contributed by atoms with Gasteiger partial charge < -0.3 is 14.7 Å². The number of carboxylic acid groups (broad SMARTS) is 1. The minimum absolute atomic E-state index is 0.300. The van der Waals surface area contributed by atoms with E-state index < -0.39 is 5.97 Å². The Bertz CT molecular complexity index is 474. The Labute approximate surface area is 113 Å².